The summed E-state index contributed by atoms with van der Waals surface area (Å²) >= 11 is 0. The first-order valence-electron chi connectivity index (χ1n) is 7.13. The van der Waals surface area contributed by atoms with E-state index in [1.165, 1.54) is 10.7 Å². The van der Waals surface area contributed by atoms with Crippen LogP contribution >= 0.6 is 0 Å². The highest BCUT2D eigenvalue weighted by Crippen LogP contribution is 2.13. The van der Waals surface area contributed by atoms with E-state index in [1.807, 2.05) is 31.2 Å². The number of tetrazole rings is 1. The van der Waals surface area contributed by atoms with Gasteiger partial charge in [-0.2, -0.15) is 4.68 Å². The first kappa shape index (κ1) is 15.7. The molecule has 6 nitrogen and oxygen atoms in total. The van der Waals surface area contributed by atoms with E-state index in [9.17, 15) is 13.6 Å². The highest BCUT2D eigenvalue weighted by molar-refractivity contribution is 5.94. The highest BCUT2D eigenvalue weighted by Gasteiger charge is 2.18. The summed E-state index contributed by atoms with van der Waals surface area (Å²) in [5.74, 6) is -2.38. The molecule has 0 atom stereocenters. The monoisotopic (exact) mass is 329 g/mol. The molecule has 0 saturated heterocycles. The van der Waals surface area contributed by atoms with Crippen molar-refractivity contribution in [2.75, 3.05) is 0 Å². The van der Waals surface area contributed by atoms with Crippen molar-refractivity contribution in [3.8, 4) is 5.69 Å². The van der Waals surface area contributed by atoms with Crippen LogP contribution in [0.4, 0.5) is 8.78 Å². The Labute approximate surface area is 136 Å². The van der Waals surface area contributed by atoms with Crippen LogP contribution in [0.1, 0.15) is 21.7 Å². The largest absolute Gasteiger partial charge is 0.344 e. The van der Waals surface area contributed by atoms with Crippen LogP contribution in [0.15, 0.2) is 42.5 Å². The van der Waals surface area contributed by atoms with Crippen LogP contribution in [0.25, 0.3) is 5.69 Å². The second kappa shape index (κ2) is 6.53. The summed E-state index contributed by atoms with van der Waals surface area (Å²) in [6, 6.07) is 10.7. The number of carbonyl (C=O) groups is 1. The first-order valence-corrected chi connectivity index (χ1v) is 7.13. The maximum atomic E-state index is 13.6. The van der Waals surface area contributed by atoms with Crippen molar-refractivity contribution in [1.82, 2.24) is 25.5 Å². The number of carbonyl (C=O) groups excluding carboxylic acids is 1. The summed E-state index contributed by atoms with van der Waals surface area (Å²) in [7, 11) is 0. The van der Waals surface area contributed by atoms with Gasteiger partial charge in [0, 0.05) is 0 Å². The van der Waals surface area contributed by atoms with E-state index in [-0.39, 0.29) is 6.54 Å². The van der Waals surface area contributed by atoms with Gasteiger partial charge in [-0.1, -0.05) is 23.8 Å². The molecule has 0 aliphatic carbocycles. The van der Waals surface area contributed by atoms with E-state index in [0.29, 0.717) is 11.5 Å². The second-order valence-corrected chi connectivity index (χ2v) is 5.12. The molecule has 0 aliphatic heterocycles. The molecule has 3 aromatic rings. The lowest BCUT2D eigenvalue weighted by molar-refractivity contribution is 0.0941. The molecule has 0 radical (unpaired) electrons. The molecule has 8 heteroatoms. The summed E-state index contributed by atoms with van der Waals surface area (Å²) < 4.78 is 28.6. The van der Waals surface area contributed by atoms with Crippen LogP contribution in [-0.2, 0) is 6.54 Å². The number of hydrogen-bond acceptors (Lipinski definition) is 4. The predicted octanol–water partition coefficient (Wildman–Crippen LogP) is 2.18. The molecule has 1 amide bonds. The molecule has 0 fully saturated rings. The average molecular weight is 329 g/mol. The third kappa shape index (κ3) is 3.12. The smallest absolute Gasteiger partial charge is 0.257 e. The quantitative estimate of drug-likeness (QED) is 0.796. The summed E-state index contributed by atoms with van der Waals surface area (Å²) in [4.78, 5) is 12.0. The molecule has 0 bridgehead atoms. The van der Waals surface area contributed by atoms with Gasteiger partial charge in [0.1, 0.15) is 17.2 Å². The van der Waals surface area contributed by atoms with Crippen molar-refractivity contribution in [2.24, 2.45) is 0 Å². The van der Waals surface area contributed by atoms with Crippen molar-refractivity contribution in [3.05, 3.63) is 71.1 Å². The minimum absolute atomic E-state index is 0.0759. The molecule has 0 spiro atoms. The Morgan fingerprint density at radius 2 is 1.79 bits per heavy atom. The topological polar surface area (TPSA) is 72.7 Å². The van der Waals surface area contributed by atoms with Crippen molar-refractivity contribution >= 4 is 5.91 Å². The summed E-state index contributed by atoms with van der Waals surface area (Å²) in [6.45, 7) is 1.88. The van der Waals surface area contributed by atoms with Gasteiger partial charge < -0.3 is 5.32 Å². The predicted molar refractivity (Wildman–Crippen MR) is 81.4 cm³/mol. The summed E-state index contributed by atoms with van der Waals surface area (Å²) in [5, 5.41) is 13.7. The van der Waals surface area contributed by atoms with Crippen molar-refractivity contribution in [3.63, 3.8) is 0 Å². The van der Waals surface area contributed by atoms with E-state index in [0.717, 1.165) is 17.7 Å². The molecular formula is C16H13F2N5O. The normalized spacial score (nSPS) is 10.6. The first-order chi connectivity index (χ1) is 11.6. The number of amides is 1. The van der Waals surface area contributed by atoms with Crippen molar-refractivity contribution in [1.29, 1.82) is 0 Å². The molecule has 0 aliphatic rings. The molecule has 0 saturated carbocycles. The summed E-state index contributed by atoms with van der Waals surface area (Å²) in [6.07, 6.45) is 0. The fraction of sp³-hybridized carbons (Fsp3) is 0.125. The van der Waals surface area contributed by atoms with Crippen LogP contribution in [-0.4, -0.2) is 26.1 Å². The number of nitrogens with one attached hydrogen (secondary N) is 1. The minimum atomic E-state index is -0.925. The van der Waals surface area contributed by atoms with E-state index in [2.05, 4.69) is 20.8 Å². The van der Waals surface area contributed by atoms with E-state index < -0.39 is 23.1 Å². The number of nitrogens with zero attached hydrogens (tertiary/aromatic N) is 4. The molecule has 0 unspecified atom stereocenters. The van der Waals surface area contributed by atoms with Gasteiger partial charge in [0.25, 0.3) is 5.91 Å². The number of halogens is 2. The van der Waals surface area contributed by atoms with Gasteiger partial charge in [-0.05, 0) is 41.6 Å². The molecule has 1 aromatic heterocycles. The van der Waals surface area contributed by atoms with Gasteiger partial charge in [0.15, 0.2) is 5.82 Å². The number of aryl methyl sites for hydroxylation is 1. The van der Waals surface area contributed by atoms with Crippen molar-refractivity contribution < 1.29 is 13.6 Å². The molecule has 3 rings (SSSR count). The van der Waals surface area contributed by atoms with Crippen LogP contribution in [0, 0.1) is 18.6 Å². The summed E-state index contributed by atoms with van der Waals surface area (Å²) in [5.41, 5.74) is 1.16. The fourth-order valence-electron chi connectivity index (χ4n) is 2.16. The maximum absolute atomic E-state index is 13.6. The van der Waals surface area contributed by atoms with Gasteiger partial charge in [-0.15, -0.1) is 5.10 Å². The third-order valence-corrected chi connectivity index (χ3v) is 3.41. The van der Waals surface area contributed by atoms with Crippen molar-refractivity contribution in [2.45, 2.75) is 13.5 Å². The van der Waals surface area contributed by atoms with Crippen LogP contribution in [0.2, 0.25) is 0 Å². The molecule has 2 aromatic carbocycles. The van der Waals surface area contributed by atoms with Gasteiger partial charge >= 0.3 is 0 Å². The van der Waals surface area contributed by atoms with Gasteiger partial charge in [-0.25, -0.2) is 8.78 Å². The van der Waals surface area contributed by atoms with Gasteiger partial charge in [-0.3, -0.25) is 4.79 Å². The van der Waals surface area contributed by atoms with Crippen LogP contribution in [0.5, 0.6) is 0 Å². The number of rotatable bonds is 4. The molecule has 1 heterocycles. The Bertz CT molecular complexity index is 856. The lowest BCUT2D eigenvalue weighted by Gasteiger charge is -2.08. The zero-order valence-electron chi connectivity index (χ0n) is 12.7. The number of benzene rings is 2. The Balaban J connectivity index is 1.77. The third-order valence-electron chi connectivity index (χ3n) is 3.41. The minimum Gasteiger partial charge on any atom is -0.344 e. The lowest BCUT2D eigenvalue weighted by Crippen LogP contribution is -2.26. The number of hydrogen-bond donors (Lipinski definition) is 1. The Morgan fingerprint density at radius 1 is 1.12 bits per heavy atom. The van der Waals surface area contributed by atoms with Crippen LogP contribution in [0.3, 0.4) is 0 Å². The molecular weight excluding hydrogens is 316 g/mol. The van der Waals surface area contributed by atoms with E-state index >= 15 is 0 Å². The zero-order chi connectivity index (χ0) is 17.1. The SMILES string of the molecule is Cc1ccc(-n2nnnc2CNC(=O)c2c(F)cccc2F)cc1. The van der Waals surface area contributed by atoms with E-state index in [4.69, 9.17) is 0 Å². The highest BCUT2D eigenvalue weighted by atomic mass is 19.1. The molecule has 122 valence electrons. The fourth-order valence-corrected chi connectivity index (χ4v) is 2.16. The lowest BCUT2D eigenvalue weighted by atomic mass is 10.2. The second-order valence-electron chi connectivity index (χ2n) is 5.12. The Morgan fingerprint density at radius 3 is 2.46 bits per heavy atom. The van der Waals surface area contributed by atoms with E-state index in [1.54, 1.807) is 0 Å². The average Bonchev–Trinajstić information content (AvgIpc) is 3.02. The van der Waals surface area contributed by atoms with Crippen LogP contribution < -0.4 is 5.32 Å². The van der Waals surface area contributed by atoms with Gasteiger partial charge in [0.05, 0.1) is 12.2 Å². The maximum Gasteiger partial charge on any atom is 0.257 e. The van der Waals surface area contributed by atoms with Gasteiger partial charge in [0.2, 0.25) is 0 Å². The molecule has 24 heavy (non-hydrogen) atoms. The molecule has 1 N–H and O–H groups in total. The Kier molecular flexibility index (Phi) is 4.28. The zero-order valence-corrected chi connectivity index (χ0v) is 12.7. The number of aromatic nitrogens is 4. The Hall–Kier alpha value is -3.16. The standard InChI is InChI=1S/C16H13F2N5O/c1-10-5-7-11(8-6-10)23-14(20-21-22-23)9-19-16(24)15-12(17)3-2-4-13(15)18/h2-8H,9H2,1H3,(H,19,24).